The quantitative estimate of drug-likeness (QED) is 0.699. The summed E-state index contributed by atoms with van der Waals surface area (Å²) in [5, 5.41) is 14.6. The second-order valence-electron chi connectivity index (χ2n) is 7.33. The molecule has 5 nitrogen and oxygen atoms in total. The molecule has 0 saturated heterocycles. The van der Waals surface area contributed by atoms with Crippen LogP contribution in [0.4, 0.5) is 4.79 Å². The molecule has 2 fully saturated rings. The van der Waals surface area contributed by atoms with Gasteiger partial charge in [0.2, 0.25) is 0 Å². The lowest BCUT2D eigenvalue weighted by Crippen LogP contribution is -2.52. The van der Waals surface area contributed by atoms with Gasteiger partial charge in [0.25, 0.3) is 0 Å². The Labute approximate surface area is 120 Å². The fourth-order valence-electron chi connectivity index (χ4n) is 2.81. The van der Waals surface area contributed by atoms with Crippen LogP contribution in [0.5, 0.6) is 0 Å². The monoisotopic (exact) mass is 282 g/mol. The van der Waals surface area contributed by atoms with Crippen LogP contribution in [-0.2, 0) is 4.79 Å². The number of hydrogen-bond donors (Lipinski definition) is 3. The Hall–Kier alpha value is -1.26. The number of carbonyl (C=O) groups is 2. The molecular formula is C15H26N2O3. The predicted molar refractivity (Wildman–Crippen MR) is 76.4 cm³/mol. The van der Waals surface area contributed by atoms with E-state index in [4.69, 9.17) is 0 Å². The van der Waals surface area contributed by atoms with Gasteiger partial charge in [0.15, 0.2) is 0 Å². The van der Waals surface area contributed by atoms with E-state index in [1.807, 2.05) is 20.8 Å². The zero-order valence-electron chi connectivity index (χ0n) is 12.6. The molecular weight excluding hydrogens is 256 g/mol. The molecule has 0 bridgehead atoms. The number of carboxylic acids is 1. The second kappa shape index (κ2) is 5.62. The lowest BCUT2D eigenvalue weighted by Gasteiger charge is -2.28. The largest absolute Gasteiger partial charge is 0.480 e. The topological polar surface area (TPSA) is 78.4 Å². The van der Waals surface area contributed by atoms with Crippen molar-refractivity contribution in [2.75, 3.05) is 6.54 Å². The van der Waals surface area contributed by atoms with Crippen LogP contribution in [0.3, 0.4) is 0 Å². The molecule has 114 valence electrons. The van der Waals surface area contributed by atoms with Gasteiger partial charge < -0.3 is 15.7 Å². The Kier molecular flexibility index (Phi) is 4.25. The van der Waals surface area contributed by atoms with Gasteiger partial charge >= 0.3 is 12.0 Å². The molecule has 0 spiro atoms. The molecule has 2 amide bonds. The molecule has 2 aliphatic rings. The number of carbonyl (C=O) groups excluding carboxylic acids is 1. The summed E-state index contributed by atoms with van der Waals surface area (Å²) in [6.07, 6.45) is 5.13. The maximum absolute atomic E-state index is 11.9. The third kappa shape index (κ3) is 4.12. The highest BCUT2D eigenvalue weighted by Crippen LogP contribution is 2.48. The summed E-state index contributed by atoms with van der Waals surface area (Å²) in [6, 6.07) is -1.23. The molecule has 3 N–H and O–H groups in total. The van der Waals surface area contributed by atoms with Crippen molar-refractivity contribution in [3.63, 3.8) is 0 Å². The van der Waals surface area contributed by atoms with Gasteiger partial charge in [-0.3, -0.25) is 0 Å². The molecule has 2 rings (SSSR count). The van der Waals surface area contributed by atoms with E-state index in [0.717, 1.165) is 11.8 Å². The highest BCUT2D eigenvalue weighted by molar-refractivity contribution is 5.83. The molecule has 5 heteroatoms. The van der Waals surface area contributed by atoms with E-state index in [-0.39, 0.29) is 6.03 Å². The van der Waals surface area contributed by atoms with Crippen LogP contribution in [0, 0.1) is 23.2 Å². The Morgan fingerprint density at radius 3 is 2.00 bits per heavy atom. The summed E-state index contributed by atoms with van der Waals surface area (Å²) in [5.41, 5.74) is -0.504. The number of aliphatic carboxylic acids is 1. The molecule has 0 aromatic carbocycles. The van der Waals surface area contributed by atoms with Crippen molar-refractivity contribution in [1.29, 1.82) is 0 Å². The van der Waals surface area contributed by atoms with Gasteiger partial charge in [-0.1, -0.05) is 20.8 Å². The smallest absolute Gasteiger partial charge is 0.326 e. The van der Waals surface area contributed by atoms with Crippen molar-refractivity contribution >= 4 is 12.0 Å². The maximum atomic E-state index is 11.9. The third-order valence-electron chi connectivity index (χ3n) is 4.34. The molecule has 0 aliphatic heterocycles. The lowest BCUT2D eigenvalue weighted by atomic mass is 9.87. The molecule has 20 heavy (non-hydrogen) atoms. The standard InChI is InChI=1S/C15H26N2O3/c1-15(2,3)12(13(18)19)17-14(20)16-8-11(9-4-5-9)10-6-7-10/h9-12H,4-8H2,1-3H3,(H,18,19)(H2,16,17,20)/t12-/m1/s1. The normalized spacial score (nSPS) is 20.6. The maximum Gasteiger partial charge on any atom is 0.326 e. The van der Waals surface area contributed by atoms with Gasteiger partial charge in [0, 0.05) is 6.54 Å². The van der Waals surface area contributed by atoms with E-state index in [9.17, 15) is 14.7 Å². The van der Waals surface area contributed by atoms with Crippen LogP contribution in [0.2, 0.25) is 0 Å². The summed E-state index contributed by atoms with van der Waals surface area (Å²) in [7, 11) is 0. The van der Waals surface area contributed by atoms with Crippen LogP contribution in [0.25, 0.3) is 0 Å². The Morgan fingerprint density at radius 2 is 1.65 bits per heavy atom. The van der Waals surface area contributed by atoms with Gasteiger partial charge in [-0.15, -0.1) is 0 Å². The van der Waals surface area contributed by atoms with Crippen LogP contribution in [-0.4, -0.2) is 29.7 Å². The van der Waals surface area contributed by atoms with E-state index in [1.165, 1.54) is 25.7 Å². The first-order valence-corrected chi connectivity index (χ1v) is 7.56. The molecule has 0 unspecified atom stereocenters. The second-order valence-corrected chi connectivity index (χ2v) is 7.33. The number of carboxylic acid groups (broad SMARTS) is 1. The molecule has 0 radical (unpaired) electrons. The number of amides is 2. The predicted octanol–water partition coefficient (Wildman–Crippen LogP) is 2.22. The minimum absolute atomic E-state index is 0.362. The number of urea groups is 1. The van der Waals surface area contributed by atoms with Crippen LogP contribution in [0.15, 0.2) is 0 Å². The summed E-state index contributed by atoms with van der Waals surface area (Å²) in [4.78, 5) is 23.1. The molecule has 2 aliphatic carbocycles. The Bertz CT molecular complexity index is 369. The summed E-state index contributed by atoms with van der Waals surface area (Å²) in [6.45, 7) is 6.10. The molecule has 0 aromatic rings. The fourth-order valence-corrected chi connectivity index (χ4v) is 2.81. The zero-order chi connectivity index (χ0) is 14.9. The number of nitrogens with one attached hydrogen (secondary N) is 2. The van der Waals surface area contributed by atoms with Crippen LogP contribution >= 0.6 is 0 Å². The van der Waals surface area contributed by atoms with Crippen LogP contribution < -0.4 is 10.6 Å². The average Bonchev–Trinajstić information content (AvgIpc) is 3.16. The summed E-state index contributed by atoms with van der Waals surface area (Å²) >= 11 is 0. The molecule has 0 heterocycles. The van der Waals surface area contributed by atoms with Gasteiger partial charge in [0.05, 0.1) is 0 Å². The zero-order valence-corrected chi connectivity index (χ0v) is 12.6. The fraction of sp³-hybridized carbons (Fsp3) is 0.867. The minimum Gasteiger partial charge on any atom is -0.480 e. The number of rotatable bonds is 6. The summed E-state index contributed by atoms with van der Waals surface area (Å²) in [5.74, 6) is 1.16. The van der Waals surface area contributed by atoms with E-state index in [1.54, 1.807) is 0 Å². The van der Waals surface area contributed by atoms with Gasteiger partial charge in [-0.05, 0) is 48.9 Å². The van der Waals surface area contributed by atoms with Crippen molar-refractivity contribution in [1.82, 2.24) is 10.6 Å². The Morgan fingerprint density at radius 1 is 1.15 bits per heavy atom. The van der Waals surface area contributed by atoms with Crippen molar-refractivity contribution in [3.8, 4) is 0 Å². The Balaban J connectivity index is 1.80. The first-order chi connectivity index (χ1) is 9.29. The number of hydrogen-bond acceptors (Lipinski definition) is 2. The van der Waals surface area contributed by atoms with E-state index >= 15 is 0 Å². The van der Waals surface area contributed by atoms with Gasteiger partial charge in [0.1, 0.15) is 6.04 Å². The van der Waals surface area contributed by atoms with Crippen molar-refractivity contribution < 1.29 is 14.7 Å². The average molecular weight is 282 g/mol. The highest BCUT2D eigenvalue weighted by atomic mass is 16.4. The highest BCUT2D eigenvalue weighted by Gasteiger charge is 2.41. The van der Waals surface area contributed by atoms with Crippen LogP contribution in [0.1, 0.15) is 46.5 Å². The first-order valence-electron chi connectivity index (χ1n) is 7.56. The lowest BCUT2D eigenvalue weighted by molar-refractivity contribution is -0.141. The van der Waals surface area contributed by atoms with Crippen molar-refractivity contribution in [2.45, 2.75) is 52.5 Å². The first kappa shape index (κ1) is 15.1. The van der Waals surface area contributed by atoms with Gasteiger partial charge in [-0.25, -0.2) is 9.59 Å². The minimum atomic E-state index is -0.992. The third-order valence-corrected chi connectivity index (χ3v) is 4.34. The summed E-state index contributed by atoms with van der Waals surface area (Å²) < 4.78 is 0. The van der Waals surface area contributed by atoms with Gasteiger partial charge in [-0.2, -0.15) is 0 Å². The van der Waals surface area contributed by atoms with E-state index < -0.39 is 17.4 Å². The van der Waals surface area contributed by atoms with E-state index in [0.29, 0.717) is 12.5 Å². The van der Waals surface area contributed by atoms with Crippen molar-refractivity contribution in [3.05, 3.63) is 0 Å². The van der Waals surface area contributed by atoms with E-state index in [2.05, 4.69) is 10.6 Å². The molecule has 0 aromatic heterocycles. The molecule has 2 saturated carbocycles. The SMILES string of the molecule is CC(C)(C)[C@H](NC(=O)NCC(C1CC1)C1CC1)C(=O)O. The molecule has 1 atom stereocenters. The van der Waals surface area contributed by atoms with Crippen molar-refractivity contribution in [2.24, 2.45) is 23.2 Å².